The number of aryl methyl sites for hydroxylation is 1. The van der Waals surface area contributed by atoms with E-state index in [4.69, 9.17) is 0 Å². The van der Waals surface area contributed by atoms with Gasteiger partial charge in [0.05, 0.1) is 17.4 Å². The number of aromatic nitrogens is 2. The fourth-order valence-electron chi connectivity index (χ4n) is 3.07. The predicted molar refractivity (Wildman–Crippen MR) is 96.8 cm³/mol. The molecule has 1 aromatic carbocycles. The standard InChI is InChI=1S/C16H19F3N4O2S.ClH/c1-22-7-6-21-15(22)14-10-20-5-8-23(14)26(24,25)11-12-3-2-4-13(9-12)16(17,18)19;/h2-4,6-7,9,14,20H,5,8,10-11H2,1H3;1H. The summed E-state index contributed by atoms with van der Waals surface area (Å²) in [6.45, 7) is 1.11. The average molecular weight is 425 g/mol. The van der Waals surface area contributed by atoms with Gasteiger partial charge < -0.3 is 9.88 Å². The maximum atomic E-state index is 12.9. The van der Waals surface area contributed by atoms with Gasteiger partial charge in [0.25, 0.3) is 0 Å². The van der Waals surface area contributed by atoms with Crippen molar-refractivity contribution in [2.75, 3.05) is 19.6 Å². The van der Waals surface area contributed by atoms with E-state index in [-0.39, 0.29) is 24.5 Å². The minimum atomic E-state index is -4.51. The summed E-state index contributed by atoms with van der Waals surface area (Å²) in [4.78, 5) is 4.22. The van der Waals surface area contributed by atoms with Gasteiger partial charge in [-0.25, -0.2) is 13.4 Å². The molecule has 1 saturated heterocycles. The van der Waals surface area contributed by atoms with E-state index in [1.807, 2.05) is 0 Å². The molecule has 1 fully saturated rings. The Morgan fingerprint density at radius 1 is 1.33 bits per heavy atom. The van der Waals surface area contributed by atoms with Crippen LogP contribution in [0, 0.1) is 0 Å². The number of sulfonamides is 1. The first-order chi connectivity index (χ1) is 12.2. The first-order valence-corrected chi connectivity index (χ1v) is 9.63. The van der Waals surface area contributed by atoms with Crippen LogP contribution in [0.4, 0.5) is 13.2 Å². The van der Waals surface area contributed by atoms with Crippen molar-refractivity contribution in [3.8, 4) is 0 Å². The van der Waals surface area contributed by atoms with Gasteiger partial charge in [-0.3, -0.25) is 0 Å². The highest BCUT2D eigenvalue weighted by Crippen LogP contribution is 2.31. The van der Waals surface area contributed by atoms with E-state index >= 15 is 0 Å². The molecule has 27 heavy (non-hydrogen) atoms. The Bertz CT molecular complexity index is 886. The number of nitrogens with one attached hydrogen (secondary N) is 1. The Balaban J connectivity index is 0.00000261. The van der Waals surface area contributed by atoms with Crippen LogP contribution >= 0.6 is 12.4 Å². The highest BCUT2D eigenvalue weighted by Gasteiger charge is 2.36. The summed E-state index contributed by atoms with van der Waals surface area (Å²) in [6.07, 6.45) is -1.20. The Morgan fingerprint density at radius 3 is 2.70 bits per heavy atom. The van der Waals surface area contributed by atoms with Crippen LogP contribution in [0.1, 0.15) is 23.0 Å². The van der Waals surface area contributed by atoms with Gasteiger partial charge in [0.2, 0.25) is 10.0 Å². The third-order valence-electron chi connectivity index (χ3n) is 4.31. The molecular formula is C16H20ClF3N4O2S. The maximum absolute atomic E-state index is 12.9. The zero-order valence-electron chi connectivity index (χ0n) is 14.5. The molecule has 0 spiro atoms. The number of halogens is 4. The quantitative estimate of drug-likeness (QED) is 0.818. The Kier molecular flexibility index (Phi) is 6.56. The highest BCUT2D eigenvalue weighted by atomic mass is 35.5. The number of rotatable bonds is 4. The summed E-state index contributed by atoms with van der Waals surface area (Å²) in [5.74, 6) is 0.0995. The van der Waals surface area contributed by atoms with E-state index in [1.54, 1.807) is 24.0 Å². The average Bonchev–Trinajstić information content (AvgIpc) is 3.00. The summed E-state index contributed by atoms with van der Waals surface area (Å²) < 4.78 is 67.5. The molecule has 0 saturated carbocycles. The summed E-state index contributed by atoms with van der Waals surface area (Å²) in [6, 6.07) is 3.93. The lowest BCUT2D eigenvalue weighted by atomic mass is 10.1. The number of imidazole rings is 1. The van der Waals surface area contributed by atoms with E-state index in [2.05, 4.69) is 10.3 Å². The van der Waals surface area contributed by atoms with Gasteiger partial charge >= 0.3 is 6.18 Å². The maximum Gasteiger partial charge on any atom is 0.416 e. The molecule has 3 rings (SSSR count). The summed E-state index contributed by atoms with van der Waals surface area (Å²) in [5, 5.41) is 3.14. The highest BCUT2D eigenvalue weighted by molar-refractivity contribution is 7.88. The Labute approximate surface area is 161 Å². The number of piperazine rings is 1. The van der Waals surface area contributed by atoms with Crippen molar-refractivity contribution in [3.05, 3.63) is 53.6 Å². The molecule has 6 nitrogen and oxygen atoms in total. The van der Waals surface area contributed by atoms with Crippen LogP contribution < -0.4 is 5.32 Å². The number of alkyl halides is 3. The van der Waals surface area contributed by atoms with Crippen molar-refractivity contribution >= 4 is 22.4 Å². The smallest absolute Gasteiger partial charge is 0.337 e. The first-order valence-electron chi connectivity index (χ1n) is 8.02. The van der Waals surface area contributed by atoms with Crippen molar-refractivity contribution in [2.45, 2.75) is 18.0 Å². The largest absolute Gasteiger partial charge is 0.416 e. The van der Waals surface area contributed by atoms with Gasteiger partial charge in [-0.15, -0.1) is 12.4 Å². The molecule has 2 aromatic rings. The van der Waals surface area contributed by atoms with Crippen molar-refractivity contribution in [2.24, 2.45) is 7.05 Å². The molecule has 1 aliphatic heterocycles. The van der Waals surface area contributed by atoms with E-state index in [9.17, 15) is 21.6 Å². The van der Waals surface area contributed by atoms with E-state index in [1.165, 1.54) is 16.4 Å². The molecule has 150 valence electrons. The molecule has 1 N–H and O–H groups in total. The second-order valence-corrected chi connectivity index (χ2v) is 8.10. The van der Waals surface area contributed by atoms with Crippen LogP contribution in [0.15, 0.2) is 36.7 Å². The third-order valence-corrected chi connectivity index (χ3v) is 6.16. The molecule has 0 radical (unpaired) electrons. The molecule has 1 atom stereocenters. The van der Waals surface area contributed by atoms with Crippen LogP contribution in [-0.4, -0.2) is 41.9 Å². The number of hydrogen-bond acceptors (Lipinski definition) is 4. The van der Waals surface area contributed by atoms with E-state index in [0.29, 0.717) is 18.9 Å². The summed E-state index contributed by atoms with van der Waals surface area (Å²) in [7, 11) is -2.05. The Hall–Kier alpha value is -1.62. The molecule has 1 aliphatic rings. The first kappa shape index (κ1) is 21.7. The lowest BCUT2D eigenvalue weighted by Gasteiger charge is -2.34. The molecular weight excluding hydrogens is 405 g/mol. The minimum Gasteiger partial charge on any atom is -0.337 e. The molecule has 2 heterocycles. The number of nitrogens with zero attached hydrogens (tertiary/aromatic N) is 3. The topological polar surface area (TPSA) is 67.2 Å². The van der Waals surface area contributed by atoms with Crippen molar-refractivity contribution in [1.82, 2.24) is 19.2 Å². The number of benzene rings is 1. The van der Waals surface area contributed by atoms with Gasteiger partial charge in [0.1, 0.15) is 5.82 Å². The lowest BCUT2D eigenvalue weighted by molar-refractivity contribution is -0.137. The number of hydrogen-bond donors (Lipinski definition) is 1. The van der Waals surface area contributed by atoms with Crippen LogP contribution in [-0.2, 0) is 29.0 Å². The van der Waals surface area contributed by atoms with Crippen LogP contribution in [0.25, 0.3) is 0 Å². The molecule has 11 heteroatoms. The van der Waals surface area contributed by atoms with Gasteiger partial charge in [-0.2, -0.15) is 17.5 Å². The van der Waals surface area contributed by atoms with Crippen LogP contribution in [0.5, 0.6) is 0 Å². The second kappa shape index (κ2) is 8.17. The molecule has 0 amide bonds. The fourth-order valence-corrected chi connectivity index (χ4v) is 4.76. The van der Waals surface area contributed by atoms with Crippen LogP contribution in [0.2, 0.25) is 0 Å². The minimum absolute atomic E-state index is 0. The zero-order valence-corrected chi connectivity index (χ0v) is 16.1. The summed E-state index contributed by atoms with van der Waals surface area (Å²) >= 11 is 0. The second-order valence-electron chi connectivity index (χ2n) is 6.18. The third kappa shape index (κ3) is 4.81. The van der Waals surface area contributed by atoms with Crippen molar-refractivity contribution < 1.29 is 21.6 Å². The van der Waals surface area contributed by atoms with Crippen LogP contribution in [0.3, 0.4) is 0 Å². The molecule has 1 unspecified atom stereocenters. The summed E-state index contributed by atoms with van der Waals surface area (Å²) in [5.41, 5.74) is -0.747. The van der Waals surface area contributed by atoms with Gasteiger partial charge in [0, 0.05) is 39.1 Å². The normalized spacial score (nSPS) is 18.9. The molecule has 1 aromatic heterocycles. The monoisotopic (exact) mass is 424 g/mol. The zero-order chi connectivity index (χ0) is 18.9. The van der Waals surface area contributed by atoms with Crippen molar-refractivity contribution in [3.63, 3.8) is 0 Å². The predicted octanol–water partition coefficient (Wildman–Crippen LogP) is 2.34. The Morgan fingerprint density at radius 2 is 2.07 bits per heavy atom. The lowest BCUT2D eigenvalue weighted by Crippen LogP contribution is -2.49. The molecule has 0 bridgehead atoms. The van der Waals surface area contributed by atoms with Gasteiger partial charge in [-0.1, -0.05) is 18.2 Å². The fraction of sp³-hybridized carbons (Fsp3) is 0.438. The molecule has 0 aliphatic carbocycles. The SMILES string of the molecule is Cl.Cn1ccnc1C1CNCCN1S(=O)(=O)Cc1cccc(C(F)(F)F)c1. The van der Waals surface area contributed by atoms with Gasteiger partial charge in [-0.05, 0) is 11.6 Å². The van der Waals surface area contributed by atoms with E-state index in [0.717, 1.165) is 12.1 Å². The van der Waals surface area contributed by atoms with Gasteiger partial charge in [0.15, 0.2) is 0 Å². The van der Waals surface area contributed by atoms with Crippen molar-refractivity contribution in [1.29, 1.82) is 0 Å². The van der Waals surface area contributed by atoms with E-state index < -0.39 is 33.6 Å².